The van der Waals surface area contributed by atoms with Gasteiger partial charge in [0.2, 0.25) is 10.0 Å². The first-order valence-electron chi connectivity index (χ1n) is 11.8. The number of unbranched alkanes of at least 4 members (excludes halogenated alkanes) is 2. The van der Waals surface area contributed by atoms with Gasteiger partial charge in [-0.05, 0) is 73.9 Å². The van der Waals surface area contributed by atoms with Crippen molar-refractivity contribution < 1.29 is 22.3 Å². The van der Waals surface area contributed by atoms with Crippen LogP contribution in [-0.4, -0.2) is 42.9 Å². The number of nitrogens with zero attached hydrogens (tertiary/aromatic N) is 2. The molecule has 1 aliphatic rings. The van der Waals surface area contributed by atoms with Crippen molar-refractivity contribution in [2.24, 2.45) is 0 Å². The monoisotopic (exact) mass is 497 g/mol. The fourth-order valence-electron chi connectivity index (χ4n) is 4.54. The number of imidazole rings is 1. The van der Waals surface area contributed by atoms with E-state index in [1.54, 1.807) is 24.5 Å². The van der Waals surface area contributed by atoms with E-state index in [-0.39, 0.29) is 18.3 Å². The van der Waals surface area contributed by atoms with E-state index in [1.807, 2.05) is 12.1 Å². The second kappa shape index (κ2) is 9.47. The number of hydrogen-bond acceptors (Lipinski definition) is 5. The summed E-state index contributed by atoms with van der Waals surface area (Å²) in [7, 11) is -3.54. The molecule has 2 heterocycles. The van der Waals surface area contributed by atoms with Crippen LogP contribution in [0.2, 0.25) is 0 Å². The third-order valence-electron chi connectivity index (χ3n) is 6.38. The van der Waals surface area contributed by atoms with Gasteiger partial charge in [-0.3, -0.25) is 4.31 Å². The normalized spacial score (nSPS) is 14.0. The van der Waals surface area contributed by atoms with Crippen molar-refractivity contribution in [3.05, 3.63) is 60.2 Å². The van der Waals surface area contributed by atoms with Gasteiger partial charge in [0.25, 0.3) is 0 Å². The van der Waals surface area contributed by atoms with Gasteiger partial charge in [0, 0.05) is 42.6 Å². The molecule has 0 saturated heterocycles. The molecule has 0 bridgehead atoms. The maximum absolute atomic E-state index is 13.6. The highest BCUT2D eigenvalue weighted by molar-refractivity contribution is 7.92. The van der Waals surface area contributed by atoms with E-state index >= 15 is 0 Å². The molecule has 35 heavy (non-hydrogen) atoms. The largest absolute Gasteiger partial charge is 0.455 e. The van der Waals surface area contributed by atoms with E-state index in [1.165, 1.54) is 22.7 Å². The van der Waals surface area contributed by atoms with Gasteiger partial charge in [0.15, 0.2) is 0 Å². The van der Waals surface area contributed by atoms with Gasteiger partial charge in [0.05, 0.1) is 17.5 Å². The van der Waals surface area contributed by atoms with Gasteiger partial charge in [-0.15, -0.1) is 0 Å². The summed E-state index contributed by atoms with van der Waals surface area (Å²) >= 11 is 0. The number of anilines is 1. The van der Waals surface area contributed by atoms with Crippen molar-refractivity contribution in [1.29, 1.82) is 0 Å². The number of aliphatic hydroxyl groups is 1. The third kappa shape index (κ3) is 4.83. The quantitative estimate of drug-likeness (QED) is 0.285. The van der Waals surface area contributed by atoms with Crippen LogP contribution in [0.15, 0.2) is 53.2 Å². The molecule has 2 aromatic carbocycles. The fraction of sp³-hybridized carbons (Fsp3) is 0.346. The summed E-state index contributed by atoms with van der Waals surface area (Å²) in [4.78, 5) is 7.59. The SMILES string of the molecule is CS(=O)(=O)N(CCCCCO)c1cc2oc(-c3ccc(F)cc3)c(-c3ncc[nH]3)c2cc1C1CC1. The number of rotatable bonds is 10. The number of halogens is 1. The molecule has 7 nitrogen and oxygen atoms in total. The predicted molar refractivity (Wildman–Crippen MR) is 134 cm³/mol. The van der Waals surface area contributed by atoms with E-state index in [4.69, 9.17) is 9.52 Å². The molecule has 0 unspecified atom stereocenters. The molecular weight excluding hydrogens is 469 g/mol. The van der Waals surface area contributed by atoms with E-state index in [0.29, 0.717) is 47.8 Å². The number of furan rings is 1. The zero-order chi connectivity index (χ0) is 24.6. The highest BCUT2D eigenvalue weighted by atomic mass is 32.2. The van der Waals surface area contributed by atoms with Crippen LogP contribution in [0.4, 0.5) is 10.1 Å². The summed E-state index contributed by atoms with van der Waals surface area (Å²) < 4.78 is 47.1. The van der Waals surface area contributed by atoms with Crippen LogP contribution in [0.3, 0.4) is 0 Å². The molecule has 0 aliphatic heterocycles. The number of sulfonamides is 1. The lowest BCUT2D eigenvalue weighted by molar-refractivity contribution is 0.283. The van der Waals surface area contributed by atoms with E-state index in [2.05, 4.69) is 9.97 Å². The predicted octanol–water partition coefficient (Wildman–Crippen LogP) is 5.44. The lowest BCUT2D eigenvalue weighted by Gasteiger charge is -2.25. The Balaban J connectivity index is 1.69. The van der Waals surface area contributed by atoms with E-state index < -0.39 is 10.0 Å². The Bertz CT molecular complexity index is 1430. The zero-order valence-electron chi connectivity index (χ0n) is 19.5. The number of benzene rings is 2. The average Bonchev–Trinajstić information content (AvgIpc) is 3.39. The summed E-state index contributed by atoms with van der Waals surface area (Å²) in [6.07, 6.45) is 8.64. The Kier molecular flexibility index (Phi) is 6.37. The molecule has 5 rings (SSSR count). The van der Waals surface area contributed by atoms with Gasteiger partial charge in [0.1, 0.15) is 23.0 Å². The second-order valence-corrected chi connectivity index (χ2v) is 11.0. The van der Waals surface area contributed by atoms with E-state index in [9.17, 15) is 12.8 Å². The summed E-state index contributed by atoms with van der Waals surface area (Å²) in [6, 6.07) is 9.93. The van der Waals surface area contributed by atoms with Crippen molar-refractivity contribution >= 4 is 26.7 Å². The number of fused-ring (bicyclic) bond motifs is 1. The molecule has 0 spiro atoms. The van der Waals surface area contributed by atoms with Gasteiger partial charge < -0.3 is 14.5 Å². The molecule has 1 saturated carbocycles. The number of aromatic amines is 1. The minimum atomic E-state index is -3.54. The molecule has 4 aromatic rings. The van der Waals surface area contributed by atoms with Gasteiger partial charge >= 0.3 is 0 Å². The zero-order valence-corrected chi connectivity index (χ0v) is 20.3. The Labute approximate surface area is 203 Å². The molecule has 9 heteroatoms. The fourth-order valence-corrected chi connectivity index (χ4v) is 5.51. The number of H-pyrrole nitrogens is 1. The standard InChI is InChI=1S/C26H28FN3O4S/c1-35(32,33)30(13-3-2-4-14-31)22-16-23-21(15-20(22)17-5-6-17)24(26-28-11-12-29-26)25(34-23)18-7-9-19(27)10-8-18/h7-12,15-17,31H,2-6,13-14H2,1H3,(H,28,29). The molecular formula is C26H28FN3O4S. The first-order valence-corrected chi connectivity index (χ1v) is 13.7. The smallest absolute Gasteiger partial charge is 0.232 e. The summed E-state index contributed by atoms with van der Waals surface area (Å²) in [5, 5.41) is 9.93. The number of aliphatic hydroxyl groups excluding tert-OH is 1. The van der Waals surface area contributed by atoms with E-state index in [0.717, 1.165) is 35.8 Å². The van der Waals surface area contributed by atoms with Crippen molar-refractivity contribution in [2.45, 2.75) is 38.0 Å². The molecule has 0 atom stereocenters. The van der Waals surface area contributed by atoms with Gasteiger partial charge in [-0.1, -0.05) is 0 Å². The molecule has 1 fully saturated rings. The molecule has 184 valence electrons. The van der Waals surface area contributed by atoms with Crippen LogP contribution in [0, 0.1) is 5.82 Å². The lowest BCUT2D eigenvalue weighted by Crippen LogP contribution is -2.31. The summed E-state index contributed by atoms with van der Waals surface area (Å²) in [6.45, 7) is 0.424. The Morgan fingerprint density at radius 3 is 2.57 bits per heavy atom. The minimum Gasteiger partial charge on any atom is -0.455 e. The van der Waals surface area contributed by atoms with Crippen LogP contribution in [0.25, 0.3) is 33.7 Å². The first kappa shape index (κ1) is 23.6. The average molecular weight is 498 g/mol. The summed E-state index contributed by atoms with van der Waals surface area (Å²) in [5.41, 5.74) is 3.62. The highest BCUT2D eigenvalue weighted by Gasteiger charge is 2.32. The Morgan fingerprint density at radius 2 is 1.94 bits per heavy atom. The number of hydrogen-bond donors (Lipinski definition) is 2. The van der Waals surface area contributed by atoms with Crippen molar-refractivity contribution in [3.63, 3.8) is 0 Å². The maximum Gasteiger partial charge on any atom is 0.232 e. The number of aromatic nitrogens is 2. The van der Waals surface area contributed by atoms with Crippen LogP contribution in [0.5, 0.6) is 0 Å². The minimum absolute atomic E-state index is 0.0896. The van der Waals surface area contributed by atoms with Gasteiger partial charge in [-0.2, -0.15) is 0 Å². The Morgan fingerprint density at radius 1 is 1.17 bits per heavy atom. The van der Waals surface area contributed by atoms with Crippen LogP contribution >= 0.6 is 0 Å². The molecule has 0 radical (unpaired) electrons. The molecule has 2 aromatic heterocycles. The number of nitrogens with one attached hydrogen (secondary N) is 1. The second-order valence-electron chi connectivity index (χ2n) is 9.05. The van der Waals surface area contributed by atoms with Crippen LogP contribution in [0.1, 0.15) is 43.6 Å². The molecule has 0 amide bonds. The third-order valence-corrected chi connectivity index (χ3v) is 7.56. The topological polar surface area (TPSA) is 99.4 Å². The van der Waals surface area contributed by atoms with Crippen LogP contribution < -0.4 is 4.31 Å². The van der Waals surface area contributed by atoms with Crippen LogP contribution in [-0.2, 0) is 10.0 Å². The van der Waals surface area contributed by atoms with Crippen molar-refractivity contribution in [1.82, 2.24) is 9.97 Å². The lowest BCUT2D eigenvalue weighted by atomic mass is 10.0. The first-order chi connectivity index (χ1) is 16.9. The Hall–Kier alpha value is -3.17. The summed E-state index contributed by atoms with van der Waals surface area (Å²) in [5.74, 6) is 1.11. The molecule has 2 N–H and O–H groups in total. The van der Waals surface area contributed by atoms with Crippen molar-refractivity contribution in [3.8, 4) is 22.7 Å². The highest BCUT2D eigenvalue weighted by Crippen LogP contribution is 2.49. The van der Waals surface area contributed by atoms with Gasteiger partial charge in [-0.25, -0.2) is 17.8 Å². The maximum atomic E-state index is 13.6. The molecule has 1 aliphatic carbocycles. The van der Waals surface area contributed by atoms with Crippen molar-refractivity contribution in [2.75, 3.05) is 23.7 Å².